The van der Waals surface area contributed by atoms with E-state index in [1.807, 2.05) is 0 Å². The van der Waals surface area contributed by atoms with E-state index < -0.39 is 38.3 Å². The molecule has 3 rings (SSSR count). The summed E-state index contributed by atoms with van der Waals surface area (Å²) in [7, 11) is -4.80. The third kappa shape index (κ3) is 4.12. The molecule has 28 heavy (non-hydrogen) atoms. The van der Waals surface area contributed by atoms with Gasteiger partial charge in [0.2, 0.25) is 9.84 Å². The predicted octanol–water partition coefficient (Wildman–Crippen LogP) is 4.28. The average molecular weight is 421 g/mol. The van der Waals surface area contributed by atoms with Crippen molar-refractivity contribution in [3.05, 3.63) is 59.7 Å². The van der Waals surface area contributed by atoms with Gasteiger partial charge in [-0.3, -0.25) is 0 Å². The summed E-state index contributed by atoms with van der Waals surface area (Å²) in [6.07, 6.45) is -5.08. The van der Waals surface area contributed by atoms with E-state index in [9.17, 15) is 30.4 Å². The van der Waals surface area contributed by atoms with Gasteiger partial charge in [0.1, 0.15) is 6.10 Å². The zero-order valence-electron chi connectivity index (χ0n) is 14.4. The van der Waals surface area contributed by atoms with E-state index in [4.69, 9.17) is 4.74 Å². The number of halogens is 5. The van der Waals surface area contributed by atoms with Crippen LogP contribution in [-0.2, 0) is 20.8 Å². The number of benzene rings is 2. The number of nitrogens with zero attached hydrogens (tertiary/aromatic N) is 1. The third-order valence-corrected chi connectivity index (χ3v) is 5.85. The molecule has 4 nitrogen and oxygen atoms in total. The minimum atomic E-state index is -4.80. The van der Waals surface area contributed by atoms with Gasteiger partial charge in [-0.2, -0.15) is 22.0 Å². The highest BCUT2D eigenvalue weighted by Gasteiger charge is 2.33. The highest BCUT2D eigenvalue weighted by atomic mass is 32.2. The second-order valence-corrected chi connectivity index (χ2v) is 8.08. The van der Waals surface area contributed by atoms with Crippen LogP contribution in [0.4, 0.5) is 27.6 Å². The van der Waals surface area contributed by atoms with Crippen LogP contribution in [0, 0.1) is 0 Å². The summed E-state index contributed by atoms with van der Waals surface area (Å²) in [5, 5.41) is 0. The number of rotatable bonds is 4. The van der Waals surface area contributed by atoms with Crippen molar-refractivity contribution in [3.63, 3.8) is 0 Å². The maximum absolute atomic E-state index is 13.0. The van der Waals surface area contributed by atoms with Crippen LogP contribution >= 0.6 is 0 Å². The standard InChI is InChI=1S/C18H16F5NO3S/c19-17(20)28(25,26)16-4-2-1-3-14(16)24-9-10-27-15(11-24)12-5-7-13(8-6-12)18(21,22)23/h1-8,15,17H,9-11H2. The summed E-state index contributed by atoms with van der Waals surface area (Å²) in [4.78, 5) is 1.10. The summed E-state index contributed by atoms with van der Waals surface area (Å²) < 4.78 is 93.6. The van der Waals surface area contributed by atoms with E-state index in [1.165, 1.54) is 30.3 Å². The van der Waals surface area contributed by atoms with Gasteiger partial charge in [-0.1, -0.05) is 24.3 Å². The molecule has 2 aromatic rings. The normalized spacial score (nSPS) is 18.5. The molecule has 0 aromatic heterocycles. The van der Waals surface area contributed by atoms with Crippen molar-refractivity contribution in [1.29, 1.82) is 0 Å². The number of hydrogen-bond acceptors (Lipinski definition) is 4. The molecule has 0 bridgehead atoms. The SMILES string of the molecule is O=S(=O)(c1ccccc1N1CCOC(c2ccc(C(F)(F)F)cc2)C1)C(F)F. The summed E-state index contributed by atoms with van der Waals surface area (Å²) >= 11 is 0. The van der Waals surface area contributed by atoms with Gasteiger partial charge in [-0.25, -0.2) is 8.42 Å². The summed E-state index contributed by atoms with van der Waals surface area (Å²) in [5.74, 6) is -3.56. The number of anilines is 1. The third-order valence-electron chi connectivity index (χ3n) is 4.42. The molecule has 0 saturated carbocycles. The van der Waals surface area contributed by atoms with Gasteiger partial charge in [-0.15, -0.1) is 0 Å². The maximum Gasteiger partial charge on any atom is 0.416 e. The second kappa shape index (κ2) is 7.67. The number of para-hydroxylation sites is 1. The fraction of sp³-hybridized carbons (Fsp3) is 0.333. The molecule has 1 saturated heterocycles. The summed E-state index contributed by atoms with van der Waals surface area (Å²) in [5.41, 5.74) is -0.202. The van der Waals surface area contributed by atoms with Crippen LogP contribution in [0.15, 0.2) is 53.4 Å². The van der Waals surface area contributed by atoms with Crippen molar-refractivity contribution < 1.29 is 35.1 Å². The van der Waals surface area contributed by atoms with Crippen LogP contribution in [0.2, 0.25) is 0 Å². The van der Waals surface area contributed by atoms with Gasteiger partial charge < -0.3 is 9.64 Å². The van der Waals surface area contributed by atoms with Crippen molar-refractivity contribution in [3.8, 4) is 0 Å². The molecule has 1 aliphatic rings. The Balaban J connectivity index is 1.87. The number of hydrogen-bond donors (Lipinski definition) is 0. The van der Waals surface area contributed by atoms with Crippen molar-refractivity contribution in [2.24, 2.45) is 0 Å². The van der Waals surface area contributed by atoms with E-state index in [0.717, 1.165) is 18.2 Å². The van der Waals surface area contributed by atoms with E-state index in [-0.39, 0.29) is 25.4 Å². The molecule has 1 fully saturated rings. The molecule has 2 aromatic carbocycles. The molecule has 1 atom stereocenters. The lowest BCUT2D eigenvalue weighted by Gasteiger charge is -2.35. The zero-order chi connectivity index (χ0) is 20.5. The van der Waals surface area contributed by atoms with E-state index >= 15 is 0 Å². The van der Waals surface area contributed by atoms with Gasteiger partial charge in [0, 0.05) is 13.1 Å². The molecule has 0 N–H and O–H groups in total. The number of ether oxygens (including phenoxy) is 1. The van der Waals surface area contributed by atoms with E-state index in [0.29, 0.717) is 5.56 Å². The summed E-state index contributed by atoms with van der Waals surface area (Å²) in [6.45, 7) is 0.531. The topological polar surface area (TPSA) is 46.6 Å². The number of sulfone groups is 1. The molecule has 1 unspecified atom stereocenters. The lowest BCUT2D eigenvalue weighted by Crippen LogP contribution is -2.39. The maximum atomic E-state index is 13.0. The van der Waals surface area contributed by atoms with Crippen molar-refractivity contribution in [1.82, 2.24) is 0 Å². The summed E-state index contributed by atoms with van der Waals surface area (Å²) in [6, 6.07) is 9.87. The first-order valence-electron chi connectivity index (χ1n) is 8.25. The monoisotopic (exact) mass is 421 g/mol. The fourth-order valence-electron chi connectivity index (χ4n) is 3.01. The van der Waals surface area contributed by atoms with Gasteiger partial charge in [0.05, 0.1) is 22.8 Å². The molecule has 0 aliphatic carbocycles. The predicted molar refractivity (Wildman–Crippen MR) is 92.0 cm³/mol. The molecule has 152 valence electrons. The van der Waals surface area contributed by atoms with Gasteiger partial charge in [-0.05, 0) is 29.8 Å². The van der Waals surface area contributed by atoms with Gasteiger partial charge in [0.15, 0.2) is 0 Å². The molecule has 10 heteroatoms. The zero-order valence-corrected chi connectivity index (χ0v) is 15.2. The lowest BCUT2D eigenvalue weighted by atomic mass is 10.0. The molecule has 1 heterocycles. The first-order valence-corrected chi connectivity index (χ1v) is 9.80. The highest BCUT2D eigenvalue weighted by Crippen LogP contribution is 2.34. The van der Waals surface area contributed by atoms with Crippen molar-refractivity contribution >= 4 is 15.5 Å². The number of alkyl halides is 5. The average Bonchev–Trinajstić information content (AvgIpc) is 2.67. The van der Waals surface area contributed by atoms with E-state index in [2.05, 4.69) is 0 Å². The minimum Gasteiger partial charge on any atom is -0.370 e. The van der Waals surface area contributed by atoms with Gasteiger partial charge >= 0.3 is 11.9 Å². The van der Waals surface area contributed by atoms with Crippen LogP contribution in [0.3, 0.4) is 0 Å². The largest absolute Gasteiger partial charge is 0.416 e. The smallest absolute Gasteiger partial charge is 0.370 e. The Morgan fingerprint density at radius 2 is 1.68 bits per heavy atom. The Morgan fingerprint density at radius 1 is 1.04 bits per heavy atom. The molecule has 0 radical (unpaired) electrons. The molecular formula is C18H16F5NO3S. The van der Waals surface area contributed by atoms with Crippen molar-refractivity contribution in [2.45, 2.75) is 22.9 Å². The first kappa shape index (κ1) is 20.5. The van der Waals surface area contributed by atoms with Crippen LogP contribution in [0.1, 0.15) is 17.2 Å². The van der Waals surface area contributed by atoms with Crippen LogP contribution in [0.5, 0.6) is 0 Å². The Labute approximate surface area is 158 Å². The molecule has 0 spiro atoms. The van der Waals surface area contributed by atoms with Crippen LogP contribution in [-0.4, -0.2) is 33.9 Å². The Hall–Kier alpha value is -2.20. The Bertz CT molecular complexity index is 929. The Morgan fingerprint density at radius 3 is 2.29 bits per heavy atom. The Kier molecular flexibility index (Phi) is 5.62. The first-order chi connectivity index (χ1) is 13.1. The second-order valence-electron chi connectivity index (χ2n) is 6.20. The fourth-order valence-corrected chi connectivity index (χ4v) is 3.96. The molecule has 1 aliphatic heterocycles. The molecular weight excluding hydrogens is 405 g/mol. The van der Waals surface area contributed by atoms with Crippen LogP contribution in [0.25, 0.3) is 0 Å². The quantitative estimate of drug-likeness (QED) is 0.692. The minimum absolute atomic E-state index is 0.112. The van der Waals surface area contributed by atoms with Crippen LogP contribution < -0.4 is 4.90 Å². The highest BCUT2D eigenvalue weighted by molar-refractivity contribution is 7.91. The molecule has 0 amide bonds. The number of morpholine rings is 1. The lowest BCUT2D eigenvalue weighted by molar-refractivity contribution is -0.137. The van der Waals surface area contributed by atoms with E-state index in [1.54, 1.807) is 4.90 Å². The van der Waals surface area contributed by atoms with Crippen molar-refractivity contribution in [2.75, 3.05) is 24.6 Å². The van der Waals surface area contributed by atoms with Gasteiger partial charge in [0.25, 0.3) is 0 Å².